The number of nitrogens with one attached hydrogen (secondary N) is 2. The van der Waals surface area contributed by atoms with Crippen molar-refractivity contribution in [3.63, 3.8) is 0 Å². The Morgan fingerprint density at radius 2 is 2.00 bits per heavy atom. The Hall–Kier alpha value is -0.640. The smallest absolute Gasteiger partial charge is 0.127 e. The fourth-order valence-corrected chi connectivity index (χ4v) is 2.00. The van der Waals surface area contributed by atoms with Crippen molar-refractivity contribution in [2.24, 2.45) is 0 Å². The largest absolute Gasteiger partial charge is 0.313 e. The van der Waals surface area contributed by atoms with Gasteiger partial charge in [-0.15, -0.1) is 0 Å². The minimum atomic E-state index is -0.227. The second kappa shape index (κ2) is 7.22. The maximum absolute atomic E-state index is 13.6. The number of halogens is 2. The second-order valence-corrected chi connectivity index (χ2v) is 6.34. The van der Waals surface area contributed by atoms with Crippen LogP contribution >= 0.6 is 11.6 Å². The van der Waals surface area contributed by atoms with Gasteiger partial charge in [0.1, 0.15) is 5.82 Å². The Morgan fingerprint density at radius 3 is 2.58 bits per heavy atom. The van der Waals surface area contributed by atoms with E-state index in [0.29, 0.717) is 29.6 Å². The molecule has 1 rings (SSSR count). The lowest BCUT2D eigenvalue weighted by Gasteiger charge is -2.24. The first-order valence-corrected chi connectivity index (χ1v) is 7.08. The molecule has 0 aliphatic carbocycles. The Bertz CT molecular complexity index is 381. The molecule has 0 fully saturated rings. The molecule has 0 spiro atoms. The molecule has 4 heteroatoms. The summed E-state index contributed by atoms with van der Waals surface area (Å²) in [5.41, 5.74) is 0.706. The van der Waals surface area contributed by atoms with Gasteiger partial charge in [0.2, 0.25) is 0 Å². The van der Waals surface area contributed by atoms with Crippen LogP contribution in [0.2, 0.25) is 5.02 Å². The van der Waals surface area contributed by atoms with Gasteiger partial charge < -0.3 is 10.6 Å². The Balaban J connectivity index is 2.34. The van der Waals surface area contributed by atoms with E-state index in [1.807, 2.05) is 0 Å². The topological polar surface area (TPSA) is 24.1 Å². The van der Waals surface area contributed by atoms with Crippen molar-refractivity contribution in [3.8, 4) is 0 Å². The highest BCUT2D eigenvalue weighted by atomic mass is 35.5. The summed E-state index contributed by atoms with van der Waals surface area (Å²) in [7, 11) is 0. The molecule has 2 nitrogen and oxygen atoms in total. The van der Waals surface area contributed by atoms with Gasteiger partial charge in [0.15, 0.2) is 0 Å². The molecule has 0 saturated carbocycles. The number of hydrogen-bond donors (Lipinski definition) is 2. The lowest BCUT2D eigenvalue weighted by Crippen LogP contribution is -2.45. The van der Waals surface area contributed by atoms with E-state index in [1.54, 1.807) is 12.1 Å². The molecule has 0 aromatic heterocycles. The molecule has 0 amide bonds. The third kappa shape index (κ3) is 6.37. The summed E-state index contributed by atoms with van der Waals surface area (Å²) in [6, 6.07) is 5.14. The van der Waals surface area contributed by atoms with Crippen molar-refractivity contribution in [1.82, 2.24) is 10.6 Å². The van der Waals surface area contributed by atoms with Gasteiger partial charge in [-0.1, -0.05) is 17.7 Å². The van der Waals surface area contributed by atoms with Gasteiger partial charge >= 0.3 is 0 Å². The molecular formula is C15H24ClFN2. The summed E-state index contributed by atoms with van der Waals surface area (Å²) in [5, 5.41) is 7.30. The first kappa shape index (κ1) is 16.4. The Kier molecular flexibility index (Phi) is 6.24. The van der Waals surface area contributed by atoms with Crippen LogP contribution in [0.5, 0.6) is 0 Å². The van der Waals surface area contributed by atoms with Crippen molar-refractivity contribution in [2.75, 3.05) is 13.1 Å². The van der Waals surface area contributed by atoms with E-state index in [0.717, 1.165) is 6.54 Å². The van der Waals surface area contributed by atoms with Crippen LogP contribution in [-0.2, 0) is 6.42 Å². The average molecular weight is 287 g/mol. The van der Waals surface area contributed by atoms with Gasteiger partial charge in [0.05, 0.1) is 0 Å². The molecule has 2 N–H and O–H groups in total. The van der Waals surface area contributed by atoms with Gasteiger partial charge in [-0.2, -0.15) is 0 Å². The van der Waals surface area contributed by atoms with E-state index in [1.165, 1.54) is 6.07 Å². The summed E-state index contributed by atoms with van der Waals surface area (Å²) in [5.74, 6) is -0.227. The predicted octanol–water partition coefficient (Wildman–Crippen LogP) is 3.39. The van der Waals surface area contributed by atoms with Crippen molar-refractivity contribution >= 4 is 11.6 Å². The minimum absolute atomic E-state index is 0.116. The molecule has 0 bridgehead atoms. The van der Waals surface area contributed by atoms with Crippen LogP contribution in [0.3, 0.4) is 0 Å². The molecular weight excluding hydrogens is 263 g/mol. The molecule has 0 heterocycles. The van der Waals surface area contributed by atoms with Crippen LogP contribution in [0.25, 0.3) is 0 Å². The van der Waals surface area contributed by atoms with E-state index in [9.17, 15) is 4.39 Å². The van der Waals surface area contributed by atoms with Crippen LogP contribution in [0.4, 0.5) is 4.39 Å². The Morgan fingerprint density at radius 1 is 1.32 bits per heavy atom. The van der Waals surface area contributed by atoms with Crippen LogP contribution in [0, 0.1) is 5.82 Å². The molecule has 19 heavy (non-hydrogen) atoms. The summed E-state index contributed by atoms with van der Waals surface area (Å²) in [6.07, 6.45) is 0.603. The SMILES string of the molecule is CC(CNC(C)(C)C)NCCc1c(F)cccc1Cl. The van der Waals surface area contributed by atoms with Gasteiger partial charge in [-0.05, 0) is 52.8 Å². The predicted molar refractivity (Wildman–Crippen MR) is 80.3 cm³/mol. The van der Waals surface area contributed by atoms with E-state index in [2.05, 4.69) is 38.3 Å². The maximum atomic E-state index is 13.6. The monoisotopic (exact) mass is 286 g/mol. The number of rotatable bonds is 6. The highest BCUT2D eigenvalue weighted by Crippen LogP contribution is 2.18. The third-order valence-corrected chi connectivity index (χ3v) is 3.22. The Labute approximate surface area is 120 Å². The van der Waals surface area contributed by atoms with E-state index in [4.69, 9.17) is 11.6 Å². The zero-order chi connectivity index (χ0) is 14.5. The lowest BCUT2D eigenvalue weighted by atomic mass is 10.1. The standard InChI is InChI=1S/C15H24ClFN2/c1-11(10-19-15(2,3)4)18-9-8-12-13(16)6-5-7-14(12)17/h5-7,11,18-19H,8-10H2,1-4H3. The molecule has 1 atom stereocenters. The van der Waals surface area contributed by atoms with Gasteiger partial charge in [0, 0.05) is 28.7 Å². The van der Waals surface area contributed by atoms with Crippen molar-refractivity contribution < 1.29 is 4.39 Å². The van der Waals surface area contributed by atoms with Gasteiger partial charge in [0.25, 0.3) is 0 Å². The minimum Gasteiger partial charge on any atom is -0.313 e. The second-order valence-electron chi connectivity index (χ2n) is 5.94. The maximum Gasteiger partial charge on any atom is 0.127 e. The molecule has 0 aliphatic heterocycles. The van der Waals surface area contributed by atoms with E-state index < -0.39 is 0 Å². The van der Waals surface area contributed by atoms with Crippen molar-refractivity contribution in [3.05, 3.63) is 34.6 Å². The van der Waals surface area contributed by atoms with Crippen LogP contribution in [-0.4, -0.2) is 24.7 Å². The molecule has 1 unspecified atom stereocenters. The zero-order valence-corrected chi connectivity index (χ0v) is 12.9. The number of hydrogen-bond acceptors (Lipinski definition) is 2. The fraction of sp³-hybridized carbons (Fsp3) is 0.600. The highest BCUT2D eigenvalue weighted by Gasteiger charge is 2.11. The normalized spacial score (nSPS) is 13.6. The third-order valence-electron chi connectivity index (χ3n) is 2.87. The summed E-state index contributed by atoms with van der Waals surface area (Å²) >= 11 is 5.99. The number of benzene rings is 1. The van der Waals surface area contributed by atoms with Crippen molar-refractivity contribution in [1.29, 1.82) is 0 Å². The summed E-state index contributed by atoms with van der Waals surface area (Å²) < 4.78 is 13.6. The van der Waals surface area contributed by atoms with E-state index in [-0.39, 0.29) is 11.4 Å². The van der Waals surface area contributed by atoms with Crippen LogP contribution in [0.15, 0.2) is 18.2 Å². The highest BCUT2D eigenvalue weighted by molar-refractivity contribution is 6.31. The molecule has 1 aromatic rings. The quantitative estimate of drug-likeness (QED) is 0.838. The molecule has 1 aromatic carbocycles. The lowest BCUT2D eigenvalue weighted by molar-refractivity contribution is 0.388. The average Bonchev–Trinajstić information content (AvgIpc) is 2.29. The first-order valence-electron chi connectivity index (χ1n) is 6.71. The zero-order valence-electron chi connectivity index (χ0n) is 12.2. The summed E-state index contributed by atoms with van der Waals surface area (Å²) in [4.78, 5) is 0. The molecule has 0 aliphatic rings. The molecule has 0 saturated heterocycles. The fourth-order valence-electron chi connectivity index (χ4n) is 1.75. The van der Waals surface area contributed by atoms with E-state index >= 15 is 0 Å². The van der Waals surface area contributed by atoms with Gasteiger partial charge in [-0.3, -0.25) is 0 Å². The summed E-state index contributed by atoms with van der Waals surface area (Å²) in [6.45, 7) is 10.1. The first-order chi connectivity index (χ1) is 8.79. The molecule has 0 radical (unpaired) electrons. The van der Waals surface area contributed by atoms with Gasteiger partial charge in [-0.25, -0.2) is 4.39 Å². The molecule has 108 valence electrons. The van der Waals surface area contributed by atoms with Crippen molar-refractivity contribution in [2.45, 2.75) is 45.7 Å². The van der Waals surface area contributed by atoms with Crippen LogP contribution < -0.4 is 10.6 Å². The van der Waals surface area contributed by atoms with Crippen LogP contribution in [0.1, 0.15) is 33.3 Å².